The fraction of sp³-hybridized carbons (Fsp3) is 0.562. The zero-order valence-corrected chi connectivity index (χ0v) is 12.8. The van der Waals surface area contributed by atoms with E-state index in [2.05, 4.69) is 26.1 Å². The molecule has 1 aromatic carbocycles. The number of hydrogen-bond acceptors (Lipinski definition) is 2. The maximum atomic E-state index is 12.3. The largest absolute Gasteiger partial charge is 0.385 e. The summed E-state index contributed by atoms with van der Waals surface area (Å²) in [6.07, 6.45) is 1.09. The Morgan fingerprint density at radius 1 is 1.37 bits per heavy atom. The first kappa shape index (κ1) is 15.5. The van der Waals surface area contributed by atoms with Gasteiger partial charge in [-0.05, 0) is 43.5 Å². The van der Waals surface area contributed by atoms with Gasteiger partial charge in [-0.3, -0.25) is 4.79 Å². The topological polar surface area (TPSA) is 32.3 Å². The van der Waals surface area contributed by atoms with Crippen molar-refractivity contribution in [1.29, 1.82) is 0 Å². The van der Waals surface area contributed by atoms with Gasteiger partial charge < -0.3 is 10.2 Å². The van der Waals surface area contributed by atoms with Gasteiger partial charge in [0.25, 0.3) is 5.91 Å². The second-order valence-electron chi connectivity index (χ2n) is 5.26. The highest BCUT2D eigenvalue weighted by molar-refractivity contribution is 5.94. The van der Waals surface area contributed by atoms with E-state index in [1.165, 1.54) is 0 Å². The summed E-state index contributed by atoms with van der Waals surface area (Å²) in [6, 6.07) is 5.86. The quantitative estimate of drug-likeness (QED) is 0.850. The number of hydrogen-bond donors (Lipinski definition) is 1. The number of anilines is 1. The Labute approximate surface area is 117 Å². The number of aryl methyl sites for hydroxylation is 1. The monoisotopic (exact) mass is 262 g/mol. The van der Waals surface area contributed by atoms with Crippen LogP contribution in [0.25, 0.3) is 0 Å². The molecule has 3 nitrogen and oxygen atoms in total. The molecule has 1 aromatic rings. The van der Waals surface area contributed by atoms with Gasteiger partial charge in [0.15, 0.2) is 0 Å². The second-order valence-corrected chi connectivity index (χ2v) is 5.26. The van der Waals surface area contributed by atoms with E-state index in [0.29, 0.717) is 5.92 Å². The third-order valence-corrected chi connectivity index (χ3v) is 3.47. The van der Waals surface area contributed by atoms with Crippen molar-refractivity contribution in [3.63, 3.8) is 0 Å². The van der Waals surface area contributed by atoms with Gasteiger partial charge in [0, 0.05) is 31.4 Å². The molecule has 1 atom stereocenters. The molecule has 0 saturated carbocycles. The summed E-state index contributed by atoms with van der Waals surface area (Å²) >= 11 is 0. The van der Waals surface area contributed by atoms with Crippen molar-refractivity contribution in [1.82, 2.24) is 4.90 Å². The lowest BCUT2D eigenvalue weighted by atomic mass is 10.1. The van der Waals surface area contributed by atoms with Crippen LogP contribution in [0.2, 0.25) is 0 Å². The van der Waals surface area contributed by atoms with Crippen LogP contribution in [-0.2, 0) is 0 Å². The molecule has 0 bridgehead atoms. The SMILES string of the molecule is CCNc1ccc(C(=O)N(C)CC(C)CC)cc1C. The Morgan fingerprint density at radius 2 is 2.05 bits per heavy atom. The number of rotatable bonds is 6. The highest BCUT2D eigenvalue weighted by Gasteiger charge is 2.14. The van der Waals surface area contributed by atoms with Gasteiger partial charge >= 0.3 is 0 Å². The lowest BCUT2D eigenvalue weighted by molar-refractivity contribution is 0.0775. The molecule has 1 rings (SSSR count). The standard InChI is InChI=1S/C16H26N2O/c1-6-12(3)11-18(5)16(19)14-8-9-15(17-7-2)13(4)10-14/h8-10,12,17H,6-7,11H2,1-5H3. The van der Waals surface area contributed by atoms with Gasteiger partial charge in [0.1, 0.15) is 0 Å². The van der Waals surface area contributed by atoms with Crippen LogP contribution in [-0.4, -0.2) is 30.9 Å². The number of carbonyl (C=O) groups is 1. The Bertz CT molecular complexity index is 429. The van der Waals surface area contributed by atoms with Crippen molar-refractivity contribution < 1.29 is 4.79 Å². The third-order valence-electron chi connectivity index (χ3n) is 3.47. The normalized spacial score (nSPS) is 12.1. The summed E-state index contributed by atoms with van der Waals surface area (Å²) in [5.74, 6) is 0.641. The molecule has 1 unspecified atom stereocenters. The number of amides is 1. The van der Waals surface area contributed by atoms with Crippen LogP contribution in [0.1, 0.15) is 43.1 Å². The molecule has 19 heavy (non-hydrogen) atoms. The molecule has 0 saturated heterocycles. The van der Waals surface area contributed by atoms with Crippen LogP contribution < -0.4 is 5.32 Å². The van der Waals surface area contributed by atoms with Crippen LogP contribution in [0.3, 0.4) is 0 Å². The Kier molecular flexibility index (Phi) is 5.87. The predicted molar refractivity (Wildman–Crippen MR) is 81.8 cm³/mol. The first-order valence-electron chi connectivity index (χ1n) is 7.09. The fourth-order valence-electron chi connectivity index (χ4n) is 2.09. The molecule has 0 spiro atoms. The second kappa shape index (κ2) is 7.17. The maximum Gasteiger partial charge on any atom is 0.253 e. The van der Waals surface area contributed by atoms with Gasteiger partial charge in [-0.15, -0.1) is 0 Å². The summed E-state index contributed by atoms with van der Waals surface area (Å²) in [5.41, 5.74) is 2.98. The zero-order valence-electron chi connectivity index (χ0n) is 12.8. The lowest BCUT2D eigenvalue weighted by Crippen LogP contribution is -2.30. The van der Waals surface area contributed by atoms with Crippen molar-refractivity contribution in [2.45, 2.75) is 34.1 Å². The molecule has 0 heterocycles. The van der Waals surface area contributed by atoms with E-state index in [1.807, 2.05) is 37.1 Å². The molecular weight excluding hydrogens is 236 g/mol. The highest BCUT2D eigenvalue weighted by atomic mass is 16.2. The van der Waals surface area contributed by atoms with Crippen LogP contribution in [0.5, 0.6) is 0 Å². The Balaban J connectivity index is 2.79. The van der Waals surface area contributed by atoms with Crippen LogP contribution >= 0.6 is 0 Å². The average molecular weight is 262 g/mol. The summed E-state index contributed by atoms with van der Waals surface area (Å²) < 4.78 is 0. The number of nitrogens with one attached hydrogen (secondary N) is 1. The summed E-state index contributed by atoms with van der Waals surface area (Å²) in [7, 11) is 1.88. The van der Waals surface area contributed by atoms with E-state index >= 15 is 0 Å². The summed E-state index contributed by atoms with van der Waals surface area (Å²) in [5, 5.41) is 3.29. The van der Waals surface area contributed by atoms with E-state index in [-0.39, 0.29) is 5.91 Å². The average Bonchev–Trinajstić information content (AvgIpc) is 2.40. The molecule has 106 valence electrons. The third kappa shape index (κ3) is 4.27. The molecule has 0 radical (unpaired) electrons. The highest BCUT2D eigenvalue weighted by Crippen LogP contribution is 2.17. The van der Waals surface area contributed by atoms with Gasteiger partial charge in [-0.2, -0.15) is 0 Å². The minimum Gasteiger partial charge on any atom is -0.385 e. The number of benzene rings is 1. The van der Waals surface area contributed by atoms with Crippen molar-refractivity contribution in [2.24, 2.45) is 5.92 Å². The summed E-state index contributed by atoms with van der Waals surface area (Å²) in [4.78, 5) is 14.1. The van der Waals surface area contributed by atoms with Gasteiger partial charge in [-0.25, -0.2) is 0 Å². The van der Waals surface area contributed by atoms with Crippen LogP contribution in [0, 0.1) is 12.8 Å². The van der Waals surface area contributed by atoms with Crippen LogP contribution in [0.4, 0.5) is 5.69 Å². The van der Waals surface area contributed by atoms with Crippen molar-refractivity contribution >= 4 is 11.6 Å². The molecule has 3 heteroatoms. The molecular formula is C16H26N2O. The summed E-state index contributed by atoms with van der Waals surface area (Å²) in [6.45, 7) is 10.1. The number of nitrogens with zero attached hydrogens (tertiary/aromatic N) is 1. The van der Waals surface area contributed by atoms with Crippen molar-refractivity contribution in [3.05, 3.63) is 29.3 Å². The van der Waals surface area contributed by atoms with E-state index in [0.717, 1.165) is 36.3 Å². The zero-order chi connectivity index (χ0) is 14.4. The molecule has 1 amide bonds. The fourth-order valence-corrected chi connectivity index (χ4v) is 2.09. The first-order chi connectivity index (χ1) is 8.99. The van der Waals surface area contributed by atoms with E-state index < -0.39 is 0 Å². The molecule has 0 aliphatic carbocycles. The van der Waals surface area contributed by atoms with Gasteiger partial charge in [-0.1, -0.05) is 20.3 Å². The number of carbonyl (C=O) groups excluding carboxylic acids is 1. The molecule has 0 fully saturated rings. The lowest BCUT2D eigenvalue weighted by Gasteiger charge is -2.21. The molecule has 0 aliphatic rings. The smallest absolute Gasteiger partial charge is 0.253 e. The molecule has 1 N–H and O–H groups in total. The van der Waals surface area contributed by atoms with E-state index in [9.17, 15) is 4.79 Å². The van der Waals surface area contributed by atoms with Crippen molar-refractivity contribution in [3.8, 4) is 0 Å². The molecule has 0 aliphatic heterocycles. The minimum absolute atomic E-state index is 0.103. The van der Waals surface area contributed by atoms with E-state index in [4.69, 9.17) is 0 Å². The van der Waals surface area contributed by atoms with Crippen molar-refractivity contribution in [2.75, 3.05) is 25.5 Å². The van der Waals surface area contributed by atoms with Gasteiger partial charge in [0.05, 0.1) is 0 Å². The predicted octanol–water partition coefficient (Wildman–Crippen LogP) is 3.54. The van der Waals surface area contributed by atoms with Crippen LogP contribution in [0.15, 0.2) is 18.2 Å². The minimum atomic E-state index is 0.103. The van der Waals surface area contributed by atoms with E-state index in [1.54, 1.807) is 0 Å². The Hall–Kier alpha value is -1.51. The van der Waals surface area contributed by atoms with Gasteiger partial charge in [0.2, 0.25) is 0 Å². The Morgan fingerprint density at radius 3 is 2.58 bits per heavy atom. The molecule has 0 aromatic heterocycles. The first-order valence-corrected chi connectivity index (χ1v) is 7.09. The maximum absolute atomic E-state index is 12.3.